The number of aryl methyl sites for hydroxylation is 1. The smallest absolute Gasteiger partial charge is 0.243 e. The van der Waals surface area contributed by atoms with Crippen LogP contribution in [0.15, 0.2) is 60.0 Å². The van der Waals surface area contributed by atoms with Crippen LogP contribution in [0.2, 0.25) is 0 Å². The molecule has 4 rings (SSSR count). The van der Waals surface area contributed by atoms with E-state index in [0.29, 0.717) is 25.9 Å². The topological polar surface area (TPSA) is 76.1 Å². The van der Waals surface area contributed by atoms with E-state index < -0.39 is 15.8 Å². The standard InChI is InChI=1S/C21H21FN4O2S/c1-15-10-17(18-12-23-14-24-13-18)11-21(25-15)16-6-8-26(9-7-16)29(27,28)20-4-2-19(22)3-5-20/h2-5,10-14,16H,6-9H2,1H3. The lowest BCUT2D eigenvalue weighted by Crippen LogP contribution is -2.38. The molecule has 29 heavy (non-hydrogen) atoms. The second kappa shape index (κ2) is 7.96. The molecule has 0 N–H and O–H groups in total. The van der Waals surface area contributed by atoms with Crippen LogP contribution in [0.4, 0.5) is 4.39 Å². The van der Waals surface area contributed by atoms with E-state index in [1.165, 1.54) is 34.9 Å². The van der Waals surface area contributed by atoms with Crippen LogP contribution in [0.5, 0.6) is 0 Å². The Bertz CT molecular complexity index is 1100. The van der Waals surface area contributed by atoms with Gasteiger partial charge in [0.15, 0.2) is 0 Å². The maximum absolute atomic E-state index is 13.1. The molecular weight excluding hydrogens is 391 g/mol. The predicted octanol–water partition coefficient (Wildman–Crippen LogP) is 3.55. The fourth-order valence-electron chi connectivity index (χ4n) is 3.67. The molecule has 0 bridgehead atoms. The Hall–Kier alpha value is -2.71. The first-order chi connectivity index (χ1) is 13.9. The average Bonchev–Trinajstić information content (AvgIpc) is 2.74. The van der Waals surface area contributed by atoms with Gasteiger partial charge in [0.25, 0.3) is 0 Å². The second-order valence-electron chi connectivity index (χ2n) is 7.18. The summed E-state index contributed by atoms with van der Waals surface area (Å²) in [6.07, 6.45) is 6.39. The number of aromatic nitrogens is 3. The molecule has 1 fully saturated rings. The molecule has 1 aromatic carbocycles. The van der Waals surface area contributed by atoms with Gasteiger partial charge in [-0.15, -0.1) is 0 Å². The van der Waals surface area contributed by atoms with Crippen molar-refractivity contribution in [2.45, 2.75) is 30.6 Å². The summed E-state index contributed by atoms with van der Waals surface area (Å²) >= 11 is 0. The van der Waals surface area contributed by atoms with Gasteiger partial charge in [-0.25, -0.2) is 22.8 Å². The predicted molar refractivity (Wildman–Crippen MR) is 107 cm³/mol. The van der Waals surface area contributed by atoms with E-state index in [4.69, 9.17) is 0 Å². The first-order valence-electron chi connectivity index (χ1n) is 9.43. The summed E-state index contributed by atoms with van der Waals surface area (Å²) in [4.78, 5) is 13.0. The van der Waals surface area contributed by atoms with Gasteiger partial charge in [-0.3, -0.25) is 4.98 Å². The van der Waals surface area contributed by atoms with Crippen LogP contribution < -0.4 is 0 Å². The van der Waals surface area contributed by atoms with Gasteiger partial charge in [-0.05, 0) is 61.7 Å². The number of rotatable bonds is 4. The van der Waals surface area contributed by atoms with E-state index in [1.54, 1.807) is 12.4 Å². The Balaban J connectivity index is 1.51. The number of piperidine rings is 1. The molecule has 6 nitrogen and oxygen atoms in total. The van der Waals surface area contributed by atoms with Crippen LogP contribution in [0.25, 0.3) is 11.1 Å². The van der Waals surface area contributed by atoms with Crippen molar-refractivity contribution in [1.29, 1.82) is 0 Å². The number of sulfonamides is 1. The highest BCUT2D eigenvalue weighted by Gasteiger charge is 2.30. The minimum absolute atomic E-state index is 0.123. The molecule has 8 heteroatoms. The molecule has 3 aromatic rings. The number of hydrogen-bond acceptors (Lipinski definition) is 5. The van der Waals surface area contributed by atoms with E-state index in [0.717, 1.165) is 22.5 Å². The molecule has 0 radical (unpaired) electrons. The molecule has 0 saturated carbocycles. The van der Waals surface area contributed by atoms with Crippen molar-refractivity contribution >= 4 is 10.0 Å². The van der Waals surface area contributed by atoms with Gasteiger partial charge in [0.2, 0.25) is 10.0 Å². The SMILES string of the molecule is Cc1cc(-c2cncnc2)cc(C2CCN(S(=O)(=O)c3ccc(F)cc3)CC2)n1. The molecule has 0 spiro atoms. The summed E-state index contributed by atoms with van der Waals surface area (Å²) < 4.78 is 40.2. The molecule has 1 aliphatic heterocycles. The first kappa shape index (κ1) is 19.6. The minimum Gasteiger partial charge on any atom is -0.258 e. The number of nitrogens with zero attached hydrogens (tertiary/aromatic N) is 4. The fourth-order valence-corrected chi connectivity index (χ4v) is 5.14. The maximum atomic E-state index is 13.1. The minimum atomic E-state index is -3.61. The van der Waals surface area contributed by atoms with E-state index in [2.05, 4.69) is 15.0 Å². The zero-order valence-electron chi connectivity index (χ0n) is 16.0. The van der Waals surface area contributed by atoms with Crippen LogP contribution in [0.3, 0.4) is 0 Å². The molecule has 1 saturated heterocycles. The van der Waals surface area contributed by atoms with E-state index in [1.807, 2.05) is 19.1 Å². The molecule has 0 amide bonds. The summed E-state index contributed by atoms with van der Waals surface area (Å²) in [6, 6.07) is 9.01. The highest BCUT2D eigenvalue weighted by atomic mass is 32.2. The average molecular weight is 412 g/mol. The highest BCUT2D eigenvalue weighted by molar-refractivity contribution is 7.89. The molecule has 0 aliphatic carbocycles. The van der Waals surface area contributed by atoms with Crippen LogP contribution in [0.1, 0.15) is 30.1 Å². The Morgan fingerprint density at radius 1 is 1.00 bits per heavy atom. The molecular formula is C21H21FN4O2S. The fraction of sp³-hybridized carbons (Fsp3) is 0.286. The zero-order chi connectivity index (χ0) is 20.4. The Labute approximate surface area is 169 Å². The van der Waals surface area contributed by atoms with Gasteiger partial charge in [0.05, 0.1) is 4.90 Å². The lowest BCUT2D eigenvalue weighted by molar-refractivity contribution is 0.316. The molecule has 150 valence electrons. The summed E-state index contributed by atoms with van der Waals surface area (Å²) in [7, 11) is -3.61. The monoisotopic (exact) mass is 412 g/mol. The molecule has 0 unspecified atom stereocenters. The van der Waals surface area contributed by atoms with Gasteiger partial charge in [-0.2, -0.15) is 4.31 Å². The number of pyridine rings is 1. The van der Waals surface area contributed by atoms with Gasteiger partial charge < -0.3 is 0 Å². The third-order valence-corrected chi connectivity index (χ3v) is 7.10. The zero-order valence-corrected chi connectivity index (χ0v) is 16.8. The normalized spacial score (nSPS) is 16.1. The van der Waals surface area contributed by atoms with E-state index >= 15 is 0 Å². The van der Waals surface area contributed by atoms with Crippen molar-refractivity contribution in [1.82, 2.24) is 19.3 Å². The van der Waals surface area contributed by atoms with Gasteiger partial charge >= 0.3 is 0 Å². The van der Waals surface area contributed by atoms with Crippen molar-refractivity contribution < 1.29 is 12.8 Å². The van der Waals surface area contributed by atoms with Crippen LogP contribution in [-0.2, 0) is 10.0 Å². The quantitative estimate of drug-likeness (QED) is 0.655. The Morgan fingerprint density at radius 3 is 2.31 bits per heavy atom. The van der Waals surface area contributed by atoms with Gasteiger partial charge in [0, 0.05) is 48.4 Å². The van der Waals surface area contributed by atoms with Crippen molar-refractivity contribution in [3.63, 3.8) is 0 Å². The highest BCUT2D eigenvalue weighted by Crippen LogP contribution is 2.32. The van der Waals surface area contributed by atoms with Gasteiger partial charge in [0.1, 0.15) is 12.1 Å². The van der Waals surface area contributed by atoms with Crippen molar-refractivity contribution in [3.05, 3.63) is 72.3 Å². The maximum Gasteiger partial charge on any atom is 0.243 e. The van der Waals surface area contributed by atoms with Crippen LogP contribution >= 0.6 is 0 Å². The number of halogens is 1. The second-order valence-corrected chi connectivity index (χ2v) is 9.12. The van der Waals surface area contributed by atoms with Gasteiger partial charge in [-0.1, -0.05) is 0 Å². The third-order valence-electron chi connectivity index (χ3n) is 5.19. The van der Waals surface area contributed by atoms with Crippen molar-refractivity contribution in [2.75, 3.05) is 13.1 Å². The largest absolute Gasteiger partial charge is 0.258 e. The van der Waals surface area contributed by atoms with E-state index in [9.17, 15) is 12.8 Å². The third kappa shape index (κ3) is 4.18. The molecule has 0 atom stereocenters. The summed E-state index contributed by atoms with van der Waals surface area (Å²) in [5.41, 5.74) is 3.80. The first-order valence-corrected chi connectivity index (χ1v) is 10.9. The van der Waals surface area contributed by atoms with E-state index in [-0.39, 0.29) is 10.8 Å². The molecule has 3 heterocycles. The number of hydrogen-bond donors (Lipinski definition) is 0. The Morgan fingerprint density at radius 2 is 1.66 bits per heavy atom. The summed E-state index contributed by atoms with van der Waals surface area (Å²) in [5, 5.41) is 0. The molecule has 2 aromatic heterocycles. The van der Waals surface area contributed by atoms with Crippen LogP contribution in [0, 0.1) is 12.7 Å². The summed E-state index contributed by atoms with van der Waals surface area (Å²) in [5.74, 6) is -0.272. The number of benzene rings is 1. The van der Waals surface area contributed by atoms with Crippen molar-refractivity contribution in [3.8, 4) is 11.1 Å². The molecule has 1 aliphatic rings. The Kier molecular flexibility index (Phi) is 5.38. The van der Waals surface area contributed by atoms with Crippen molar-refractivity contribution in [2.24, 2.45) is 0 Å². The lowest BCUT2D eigenvalue weighted by atomic mass is 9.92. The lowest BCUT2D eigenvalue weighted by Gasteiger charge is -2.31. The van der Waals surface area contributed by atoms with Crippen LogP contribution in [-0.4, -0.2) is 40.8 Å². The summed E-state index contributed by atoms with van der Waals surface area (Å²) in [6.45, 7) is 2.76.